The number of anilines is 1. The van der Waals surface area contributed by atoms with Crippen LogP contribution in [-0.4, -0.2) is 43.5 Å². The second-order valence-electron chi connectivity index (χ2n) is 5.14. The van der Waals surface area contributed by atoms with Gasteiger partial charge in [-0.05, 0) is 50.6 Å². The molecule has 1 amide bonds. The van der Waals surface area contributed by atoms with Crippen LogP contribution < -0.4 is 10.6 Å². The van der Waals surface area contributed by atoms with E-state index in [0.29, 0.717) is 6.54 Å². The van der Waals surface area contributed by atoms with Gasteiger partial charge in [-0.1, -0.05) is 12.1 Å². The van der Waals surface area contributed by atoms with E-state index >= 15 is 0 Å². The van der Waals surface area contributed by atoms with Gasteiger partial charge in [0.15, 0.2) is 0 Å². The number of carbonyl (C=O) groups is 1. The predicted octanol–water partition coefficient (Wildman–Crippen LogP) is 1.62. The molecule has 104 valence electrons. The number of benzene rings is 1. The van der Waals surface area contributed by atoms with Crippen molar-refractivity contribution in [1.29, 1.82) is 0 Å². The molecule has 0 aromatic heterocycles. The number of hydrogen-bond acceptors (Lipinski definition) is 3. The standard InChI is InChI=1S/C15H23N3O/c1-13-5-4-6-14(11-13)17-15(19)12-16-7-10-18-8-2-3-9-18/h4-6,11,16H,2-3,7-10,12H2,1H3,(H,17,19). The number of carbonyl (C=O) groups excluding carboxylic acids is 1. The normalized spacial score (nSPS) is 15.6. The van der Waals surface area contributed by atoms with Crippen LogP contribution in [0.2, 0.25) is 0 Å². The first-order chi connectivity index (χ1) is 9.24. The van der Waals surface area contributed by atoms with Crippen molar-refractivity contribution in [1.82, 2.24) is 10.2 Å². The van der Waals surface area contributed by atoms with Crippen LogP contribution in [0.1, 0.15) is 18.4 Å². The van der Waals surface area contributed by atoms with Gasteiger partial charge in [-0.15, -0.1) is 0 Å². The van der Waals surface area contributed by atoms with E-state index in [1.54, 1.807) is 0 Å². The van der Waals surface area contributed by atoms with Crippen LogP contribution >= 0.6 is 0 Å². The van der Waals surface area contributed by atoms with Crippen LogP contribution in [0.15, 0.2) is 24.3 Å². The van der Waals surface area contributed by atoms with E-state index in [1.807, 2.05) is 31.2 Å². The zero-order valence-corrected chi connectivity index (χ0v) is 11.6. The van der Waals surface area contributed by atoms with Crippen LogP contribution in [0, 0.1) is 6.92 Å². The Kier molecular flexibility index (Phi) is 5.36. The van der Waals surface area contributed by atoms with Crippen LogP contribution in [0.4, 0.5) is 5.69 Å². The zero-order valence-electron chi connectivity index (χ0n) is 11.6. The van der Waals surface area contributed by atoms with Crippen LogP contribution in [0.3, 0.4) is 0 Å². The molecule has 0 aliphatic carbocycles. The molecule has 0 bridgehead atoms. The Labute approximate surface area is 115 Å². The molecule has 4 heteroatoms. The highest BCUT2D eigenvalue weighted by molar-refractivity contribution is 5.92. The van der Waals surface area contributed by atoms with Gasteiger partial charge in [0, 0.05) is 18.8 Å². The lowest BCUT2D eigenvalue weighted by Crippen LogP contribution is -2.34. The Hall–Kier alpha value is -1.39. The summed E-state index contributed by atoms with van der Waals surface area (Å²) in [5.74, 6) is 0.0204. The van der Waals surface area contributed by atoms with Gasteiger partial charge in [0.1, 0.15) is 0 Å². The fourth-order valence-corrected chi connectivity index (χ4v) is 2.37. The van der Waals surface area contributed by atoms with Crippen molar-refractivity contribution < 1.29 is 4.79 Å². The van der Waals surface area contributed by atoms with Gasteiger partial charge in [0.05, 0.1) is 6.54 Å². The highest BCUT2D eigenvalue weighted by Gasteiger charge is 2.10. The van der Waals surface area contributed by atoms with Gasteiger partial charge < -0.3 is 15.5 Å². The van der Waals surface area contributed by atoms with Gasteiger partial charge >= 0.3 is 0 Å². The SMILES string of the molecule is Cc1cccc(NC(=O)CNCCN2CCCC2)c1. The second kappa shape index (κ2) is 7.26. The maximum absolute atomic E-state index is 11.7. The molecule has 0 radical (unpaired) electrons. The average Bonchev–Trinajstić information content (AvgIpc) is 2.88. The first kappa shape index (κ1) is 14.0. The Morgan fingerprint density at radius 2 is 2.11 bits per heavy atom. The lowest BCUT2D eigenvalue weighted by atomic mass is 10.2. The van der Waals surface area contributed by atoms with Gasteiger partial charge in [-0.2, -0.15) is 0 Å². The van der Waals surface area contributed by atoms with E-state index in [4.69, 9.17) is 0 Å². The van der Waals surface area contributed by atoms with Crippen molar-refractivity contribution >= 4 is 11.6 Å². The van der Waals surface area contributed by atoms with E-state index in [9.17, 15) is 4.79 Å². The van der Waals surface area contributed by atoms with E-state index in [2.05, 4.69) is 15.5 Å². The molecular weight excluding hydrogens is 238 g/mol. The Morgan fingerprint density at radius 1 is 1.32 bits per heavy atom. The molecule has 2 rings (SSSR count). The minimum Gasteiger partial charge on any atom is -0.325 e. The van der Waals surface area contributed by atoms with E-state index in [0.717, 1.165) is 24.3 Å². The number of rotatable bonds is 6. The van der Waals surface area contributed by atoms with Crippen molar-refractivity contribution in [2.24, 2.45) is 0 Å². The molecule has 2 N–H and O–H groups in total. The monoisotopic (exact) mass is 261 g/mol. The largest absolute Gasteiger partial charge is 0.325 e. The van der Waals surface area contributed by atoms with Crippen LogP contribution in [-0.2, 0) is 4.79 Å². The molecular formula is C15H23N3O. The maximum atomic E-state index is 11.7. The first-order valence-electron chi connectivity index (χ1n) is 7.03. The smallest absolute Gasteiger partial charge is 0.238 e. The van der Waals surface area contributed by atoms with E-state index in [1.165, 1.54) is 25.9 Å². The molecule has 4 nitrogen and oxygen atoms in total. The van der Waals surface area contributed by atoms with Crippen molar-refractivity contribution in [2.45, 2.75) is 19.8 Å². The summed E-state index contributed by atoms with van der Waals surface area (Å²) >= 11 is 0. The molecule has 1 saturated heterocycles. The minimum absolute atomic E-state index is 0.0204. The molecule has 0 atom stereocenters. The van der Waals surface area contributed by atoms with Crippen molar-refractivity contribution in [3.63, 3.8) is 0 Å². The highest BCUT2D eigenvalue weighted by atomic mass is 16.1. The maximum Gasteiger partial charge on any atom is 0.238 e. The third kappa shape index (κ3) is 5.01. The quantitative estimate of drug-likeness (QED) is 0.765. The predicted molar refractivity (Wildman–Crippen MR) is 78.4 cm³/mol. The summed E-state index contributed by atoms with van der Waals surface area (Å²) in [6, 6.07) is 7.85. The molecule has 1 heterocycles. The number of nitrogens with one attached hydrogen (secondary N) is 2. The van der Waals surface area contributed by atoms with Crippen molar-refractivity contribution in [3.8, 4) is 0 Å². The Bertz CT molecular complexity index is 414. The lowest BCUT2D eigenvalue weighted by molar-refractivity contribution is -0.115. The van der Waals surface area contributed by atoms with Gasteiger partial charge in [0.2, 0.25) is 5.91 Å². The number of likely N-dealkylation sites (tertiary alicyclic amines) is 1. The van der Waals surface area contributed by atoms with Crippen molar-refractivity contribution in [2.75, 3.05) is 38.0 Å². The molecule has 0 spiro atoms. The fraction of sp³-hybridized carbons (Fsp3) is 0.533. The third-order valence-corrected chi connectivity index (χ3v) is 3.39. The summed E-state index contributed by atoms with van der Waals surface area (Å²) in [4.78, 5) is 14.2. The van der Waals surface area contributed by atoms with Crippen LogP contribution in [0.5, 0.6) is 0 Å². The average molecular weight is 261 g/mol. The topological polar surface area (TPSA) is 44.4 Å². The highest BCUT2D eigenvalue weighted by Crippen LogP contribution is 2.09. The molecule has 1 aliphatic heterocycles. The summed E-state index contributed by atoms with van der Waals surface area (Å²) < 4.78 is 0. The summed E-state index contributed by atoms with van der Waals surface area (Å²) in [5, 5.41) is 6.09. The van der Waals surface area contributed by atoms with Crippen LogP contribution in [0.25, 0.3) is 0 Å². The molecule has 19 heavy (non-hydrogen) atoms. The summed E-state index contributed by atoms with van der Waals surface area (Å²) in [6.07, 6.45) is 2.63. The number of hydrogen-bond donors (Lipinski definition) is 2. The van der Waals surface area contributed by atoms with E-state index in [-0.39, 0.29) is 5.91 Å². The molecule has 1 aromatic carbocycles. The molecule has 1 aliphatic rings. The first-order valence-corrected chi connectivity index (χ1v) is 7.03. The lowest BCUT2D eigenvalue weighted by Gasteiger charge is -2.14. The summed E-state index contributed by atoms with van der Waals surface area (Å²) in [6.45, 7) is 6.72. The third-order valence-electron chi connectivity index (χ3n) is 3.39. The van der Waals surface area contributed by atoms with E-state index < -0.39 is 0 Å². The fourth-order valence-electron chi connectivity index (χ4n) is 2.37. The molecule has 1 fully saturated rings. The minimum atomic E-state index is 0.0204. The Morgan fingerprint density at radius 3 is 2.84 bits per heavy atom. The number of aryl methyl sites for hydroxylation is 1. The van der Waals surface area contributed by atoms with Gasteiger partial charge in [-0.25, -0.2) is 0 Å². The zero-order chi connectivity index (χ0) is 13.5. The number of amides is 1. The number of nitrogens with zero attached hydrogens (tertiary/aromatic N) is 1. The molecule has 0 saturated carbocycles. The van der Waals surface area contributed by atoms with Gasteiger partial charge in [-0.3, -0.25) is 4.79 Å². The molecule has 1 aromatic rings. The summed E-state index contributed by atoms with van der Waals surface area (Å²) in [7, 11) is 0. The summed E-state index contributed by atoms with van der Waals surface area (Å²) in [5.41, 5.74) is 2.02. The molecule has 0 unspecified atom stereocenters. The second-order valence-corrected chi connectivity index (χ2v) is 5.14. The van der Waals surface area contributed by atoms with Gasteiger partial charge in [0.25, 0.3) is 0 Å². The Balaban J connectivity index is 1.61. The van der Waals surface area contributed by atoms with Crippen molar-refractivity contribution in [3.05, 3.63) is 29.8 Å².